The molecule has 1 atom stereocenters. The lowest BCUT2D eigenvalue weighted by Crippen LogP contribution is -1.99. The molecule has 3 aromatic rings. The molecule has 1 N–H and O–H groups in total. The fourth-order valence-electron chi connectivity index (χ4n) is 2.46. The molecule has 4 nitrogen and oxygen atoms in total. The van der Waals surface area contributed by atoms with Gasteiger partial charge in [-0.3, -0.25) is 4.40 Å². The first-order valence-electron chi connectivity index (χ1n) is 6.54. The average molecular weight is 273 g/mol. The molecule has 1 aliphatic carbocycles. The van der Waals surface area contributed by atoms with Crippen LogP contribution in [-0.4, -0.2) is 19.1 Å². The molecule has 0 aliphatic heterocycles. The van der Waals surface area contributed by atoms with Crippen LogP contribution in [0.4, 0.5) is 0 Å². The topological polar surface area (TPSA) is 42.5 Å². The average Bonchev–Trinajstić information content (AvgIpc) is 2.80. The van der Waals surface area contributed by atoms with Gasteiger partial charge in [0.05, 0.1) is 18.3 Å². The van der Waals surface area contributed by atoms with Crippen LogP contribution in [0.3, 0.4) is 0 Å². The van der Waals surface area contributed by atoms with Gasteiger partial charge in [-0.25, -0.2) is 4.98 Å². The number of nitrogens with zero attached hydrogens (tertiary/aromatic N) is 3. The smallest absolute Gasteiger partial charge is 0.193 e. The summed E-state index contributed by atoms with van der Waals surface area (Å²) in [4.78, 5) is 5.60. The molecule has 0 radical (unpaired) electrons. The first-order valence-corrected chi connectivity index (χ1v) is 7.42. The predicted octanol–water partition coefficient (Wildman–Crippen LogP) is 2.69. The summed E-state index contributed by atoms with van der Waals surface area (Å²) < 4.78 is 4.14. The van der Waals surface area contributed by atoms with Crippen molar-refractivity contribution in [3.05, 3.63) is 47.5 Å². The molecule has 3 heterocycles. The van der Waals surface area contributed by atoms with E-state index < -0.39 is 0 Å². The third-order valence-electron chi connectivity index (χ3n) is 3.67. The molecule has 3 aromatic heterocycles. The van der Waals surface area contributed by atoms with Crippen molar-refractivity contribution in [3.8, 4) is 0 Å². The van der Waals surface area contributed by atoms with Crippen LogP contribution in [0.2, 0.25) is 0 Å². The van der Waals surface area contributed by atoms with Crippen molar-refractivity contribution < 1.29 is 5.11 Å². The van der Waals surface area contributed by atoms with Gasteiger partial charge in [-0.2, -0.15) is 0 Å². The lowest BCUT2D eigenvalue weighted by Gasteiger charge is -2.05. The minimum absolute atomic E-state index is 0.285. The van der Waals surface area contributed by atoms with E-state index in [1.807, 2.05) is 34.4 Å². The maximum absolute atomic E-state index is 10.1. The fourth-order valence-corrected chi connectivity index (χ4v) is 3.18. The summed E-state index contributed by atoms with van der Waals surface area (Å²) in [7, 11) is 0. The quantitative estimate of drug-likeness (QED) is 0.794. The Balaban J connectivity index is 1.54. The standard InChI is InChI=1S/C14H15N3OS/c18-13(10-1-2-10)11-3-4-16(7-11)8-12-9-17-5-6-19-14(17)15-12/h3-7,9-10,13,18H,1-2,8H2. The minimum Gasteiger partial charge on any atom is -0.388 e. The first kappa shape index (κ1) is 11.3. The van der Waals surface area contributed by atoms with E-state index in [0.717, 1.165) is 35.6 Å². The van der Waals surface area contributed by atoms with Crippen molar-refractivity contribution in [1.29, 1.82) is 0 Å². The molecule has 98 valence electrons. The van der Waals surface area contributed by atoms with Crippen molar-refractivity contribution in [2.24, 2.45) is 5.92 Å². The van der Waals surface area contributed by atoms with Crippen LogP contribution in [0.25, 0.3) is 4.96 Å². The summed E-state index contributed by atoms with van der Waals surface area (Å²) in [5, 5.41) is 12.1. The Hall–Kier alpha value is -1.59. The summed E-state index contributed by atoms with van der Waals surface area (Å²) >= 11 is 1.64. The second-order valence-corrected chi connectivity index (χ2v) is 6.10. The summed E-state index contributed by atoms with van der Waals surface area (Å²) in [5.41, 5.74) is 2.08. The number of thiazole rings is 1. The molecule has 5 heteroatoms. The van der Waals surface area contributed by atoms with Gasteiger partial charge in [-0.1, -0.05) is 0 Å². The van der Waals surface area contributed by atoms with Gasteiger partial charge < -0.3 is 9.67 Å². The maximum Gasteiger partial charge on any atom is 0.193 e. The number of aliphatic hydroxyl groups excluding tert-OH is 1. The van der Waals surface area contributed by atoms with Crippen LogP contribution in [0.5, 0.6) is 0 Å². The fraction of sp³-hybridized carbons (Fsp3) is 0.357. The monoisotopic (exact) mass is 273 g/mol. The zero-order valence-corrected chi connectivity index (χ0v) is 11.3. The van der Waals surface area contributed by atoms with Crippen molar-refractivity contribution >= 4 is 16.3 Å². The van der Waals surface area contributed by atoms with Crippen LogP contribution in [0.1, 0.15) is 30.2 Å². The van der Waals surface area contributed by atoms with E-state index in [0.29, 0.717) is 5.92 Å². The largest absolute Gasteiger partial charge is 0.388 e. The number of aromatic nitrogens is 3. The van der Waals surface area contributed by atoms with E-state index in [2.05, 4.69) is 15.7 Å². The molecule has 1 unspecified atom stereocenters. The second-order valence-electron chi connectivity index (χ2n) is 5.22. The number of imidazole rings is 1. The van der Waals surface area contributed by atoms with Gasteiger partial charge in [0.1, 0.15) is 0 Å². The third kappa shape index (κ3) is 2.09. The van der Waals surface area contributed by atoms with E-state index >= 15 is 0 Å². The molecule has 1 fully saturated rings. The number of hydrogen-bond acceptors (Lipinski definition) is 3. The molecule has 0 bridgehead atoms. The minimum atomic E-state index is -0.285. The molecule has 0 spiro atoms. The van der Waals surface area contributed by atoms with Crippen molar-refractivity contribution in [3.63, 3.8) is 0 Å². The molecule has 0 aromatic carbocycles. The molecular weight excluding hydrogens is 258 g/mol. The lowest BCUT2D eigenvalue weighted by atomic mass is 10.1. The Morgan fingerprint density at radius 1 is 1.37 bits per heavy atom. The summed E-state index contributed by atoms with van der Waals surface area (Å²) in [6.07, 6.45) is 10.2. The van der Waals surface area contributed by atoms with Crippen LogP contribution in [0, 0.1) is 5.92 Å². The zero-order valence-electron chi connectivity index (χ0n) is 10.4. The van der Waals surface area contributed by atoms with Gasteiger partial charge >= 0.3 is 0 Å². The zero-order chi connectivity index (χ0) is 12.8. The Bertz CT molecular complexity index is 678. The molecule has 0 amide bonds. The predicted molar refractivity (Wildman–Crippen MR) is 74.3 cm³/mol. The Kier molecular flexibility index (Phi) is 2.50. The van der Waals surface area contributed by atoms with Gasteiger partial charge in [0.25, 0.3) is 0 Å². The van der Waals surface area contributed by atoms with E-state index in [1.165, 1.54) is 0 Å². The molecule has 1 saturated carbocycles. The van der Waals surface area contributed by atoms with E-state index in [9.17, 15) is 5.11 Å². The normalized spacial score (nSPS) is 17.1. The van der Waals surface area contributed by atoms with Crippen molar-refractivity contribution in [2.45, 2.75) is 25.5 Å². The number of aliphatic hydroxyl groups is 1. The van der Waals surface area contributed by atoms with E-state index in [1.54, 1.807) is 11.3 Å². The number of hydrogen-bond donors (Lipinski definition) is 1. The molecule has 4 rings (SSSR count). The summed E-state index contributed by atoms with van der Waals surface area (Å²) in [6.45, 7) is 0.756. The van der Waals surface area contributed by atoms with Crippen molar-refractivity contribution in [1.82, 2.24) is 14.0 Å². The highest BCUT2D eigenvalue weighted by atomic mass is 32.1. The molecular formula is C14H15N3OS. The highest BCUT2D eigenvalue weighted by Crippen LogP contribution is 2.40. The van der Waals surface area contributed by atoms with Crippen LogP contribution in [-0.2, 0) is 6.54 Å². The molecule has 1 aliphatic rings. The summed E-state index contributed by atoms with van der Waals surface area (Å²) in [5.74, 6) is 0.480. The molecule has 0 saturated heterocycles. The lowest BCUT2D eigenvalue weighted by molar-refractivity contribution is 0.154. The van der Waals surface area contributed by atoms with Crippen LogP contribution < -0.4 is 0 Å². The first-order chi connectivity index (χ1) is 9.29. The van der Waals surface area contributed by atoms with Gasteiger partial charge in [0.15, 0.2) is 4.96 Å². The molecule has 19 heavy (non-hydrogen) atoms. The van der Waals surface area contributed by atoms with E-state index in [4.69, 9.17) is 0 Å². The SMILES string of the molecule is OC(c1ccn(Cc2cn3ccsc3n2)c1)C1CC1. The van der Waals surface area contributed by atoms with Gasteiger partial charge in [0, 0.05) is 30.2 Å². The highest BCUT2D eigenvalue weighted by Gasteiger charge is 2.31. The Morgan fingerprint density at radius 2 is 2.26 bits per heavy atom. The maximum atomic E-state index is 10.1. The van der Waals surface area contributed by atoms with Gasteiger partial charge in [-0.15, -0.1) is 11.3 Å². The van der Waals surface area contributed by atoms with Crippen molar-refractivity contribution in [2.75, 3.05) is 0 Å². The van der Waals surface area contributed by atoms with Gasteiger partial charge in [-0.05, 0) is 30.4 Å². The van der Waals surface area contributed by atoms with E-state index in [-0.39, 0.29) is 6.10 Å². The Labute approximate surface area is 114 Å². The Morgan fingerprint density at radius 3 is 3.05 bits per heavy atom. The van der Waals surface area contributed by atoms with Crippen LogP contribution in [0.15, 0.2) is 36.2 Å². The van der Waals surface area contributed by atoms with Crippen LogP contribution >= 0.6 is 11.3 Å². The number of fused-ring (bicyclic) bond motifs is 1. The summed E-state index contributed by atoms with van der Waals surface area (Å²) in [6, 6.07) is 2.02. The third-order valence-corrected chi connectivity index (χ3v) is 4.44. The second kappa shape index (κ2) is 4.21. The number of rotatable bonds is 4. The highest BCUT2D eigenvalue weighted by molar-refractivity contribution is 7.15. The van der Waals surface area contributed by atoms with Gasteiger partial charge in [0.2, 0.25) is 0 Å².